The first-order valence-electron chi connectivity index (χ1n) is 7.46. The van der Waals surface area contributed by atoms with E-state index >= 15 is 0 Å². The first-order valence-corrected chi connectivity index (χ1v) is 8.25. The lowest BCUT2D eigenvalue weighted by Crippen LogP contribution is -2.43. The van der Waals surface area contributed by atoms with E-state index in [0.717, 1.165) is 22.8 Å². The van der Waals surface area contributed by atoms with Gasteiger partial charge >= 0.3 is 0 Å². The van der Waals surface area contributed by atoms with Crippen molar-refractivity contribution in [2.24, 2.45) is 12.0 Å². The second-order valence-corrected chi connectivity index (χ2v) is 6.89. The van der Waals surface area contributed by atoms with Crippen molar-refractivity contribution in [1.29, 1.82) is 0 Å². The molecule has 0 saturated heterocycles. The summed E-state index contributed by atoms with van der Waals surface area (Å²) in [7, 11) is 3.63. The lowest BCUT2D eigenvalue weighted by atomic mass is 9.85. The maximum Gasteiger partial charge on any atom is 0.191 e. The highest BCUT2D eigenvalue weighted by Crippen LogP contribution is 2.23. The third-order valence-corrected chi connectivity index (χ3v) is 4.29. The van der Waals surface area contributed by atoms with Crippen molar-refractivity contribution in [3.8, 4) is 0 Å². The summed E-state index contributed by atoms with van der Waals surface area (Å²) in [6.45, 7) is 5.76. The van der Waals surface area contributed by atoms with Crippen molar-refractivity contribution >= 4 is 21.9 Å². The van der Waals surface area contributed by atoms with Gasteiger partial charge in [-0.3, -0.25) is 9.67 Å². The van der Waals surface area contributed by atoms with Crippen LogP contribution in [-0.2, 0) is 19.0 Å². The van der Waals surface area contributed by atoms with Gasteiger partial charge in [0.15, 0.2) is 5.96 Å². The summed E-state index contributed by atoms with van der Waals surface area (Å²) < 4.78 is 2.83. The number of nitrogens with one attached hydrogen (secondary N) is 2. The van der Waals surface area contributed by atoms with Gasteiger partial charge in [-0.15, -0.1) is 0 Å². The molecule has 23 heavy (non-hydrogen) atoms. The van der Waals surface area contributed by atoms with E-state index in [9.17, 15) is 0 Å². The third-order valence-electron chi connectivity index (χ3n) is 3.77. The fourth-order valence-electron chi connectivity index (χ4n) is 2.17. The number of hydrogen-bond donors (Lipinski definition) is 2. The lowest BCUT2D eigenvalue weighted by Gasteiger charge is -2.26. The fourth-order valence-corrected chi connectivity index (χ4v) is 2.44. The summed E-state index contributed by atoms with van der Waals surface area (Å²) in [6.07, 6.45) is 1.55. The fraction of sp³-hybridized carbons (Fsp3) is 0.438. The van der Waals surface area contributed by atoms with Crippen LogP contribution in [0.25, 0.3) is 0 Å². The topological polar surface area (TPSA) is 67.1 Å². The molecule has 2 rings (SSSR count). The van der Waals surface area contributed by atoms with Crippen LogP contribution < -0.4 is 10.6 Å². The summed E-state index contributed by atoms with van der Waals surface area (Å²) in [5.41, 5.74) is 1.26. The monoisotopic (exact) mass is 378 g/mol. The molecule has 0 spiro atoms. The van der Waals surface area contributed by atoms with Gasteiger partial charge in [-0.05, 0) is 17.7 Å². The van der Waals surface area contributed by atoms with Crippen LogP contribution in [0.15, 0.2) is 40.1 Å². The highest BCUT2D eigenvalue weighted by atomic mass is 79.9. The minimum Gasteiger partial charge on any atom is -0.356 e. The highest BCUT2D eigenvalue weighted by molar-refractivity contribution is 9.10. The average Bonchev–Trinajstić information content (AvgIpc) is 2.93. The van der Waals surface area contributed by atoms with Gasteiger partial charge in [-0.1, -0.05) is 41.9 Å². The molecule has 0 bridgehead atoms. The van der Waals surface area contributed by atoms with Gasteiger partial charge in [-0.25, -0.2) is 4.98 Å². The average molecular weight is 379 g/mol. The van der Waals surface area contributed by atoms with Crippen LogP contribution in [0.3, 0.4) is 0 Å². The van der Waals surface area contributed by atoms with E-state index in [0.29, 0.717) is 6.54 Å². The SMILES string of the molecule is CN=C(NCc1ncnn1C)NCC(C)(C)c1ccc(Br)cc1. The van der Waals surface area contributed by atoms with Gasteiger partial charge in [0.1, 0.15) is 12.2 Å². The van der Waals surface area contributed by atoms with Crippen LogP contribution in [0.2, 0.25) is 0 Å². The highest BCUT2D eigenvalue weighted by Gasteiger charge is 2.20. The third kappa shape index (κ3) is 4.79. The van der Waals surface area contributed by atoms with Crippen molar-refractivity contribution in [2.45, 2.75) is 25.8 Å². The van der Waals surface area contributed by atoms with Crippen LogP contribution in [0.5, 0.6) is 0 Å². The minimum atomic E-state index is -0.0108. The molecule has 0 aliphatic carbocycles. The number of aliphatic imine (C=N–C) groups is 1. The number of aryl methyl sites for hydroxylation is 1. The minimum absolute atomic E-state index is 0.0108. The number of aromatic nitrogens is 3. The van der Waals surface area contributed by atoms with Crippen LogP contribution in [0.4, 0.5) is 0 Å². The van der Waals surface area contributed by atoms with Crippen LogP contribution in [0, 0.1) is 0 Å². The largest absolute Gasteiger partial charge is 0.356 e. The molecule has 1 heterocycles. The Hall–Kier alpha value is -1.89. The lowest BCUT2D eigenvalue weighted by molar-refractivity contribution is 0.508. The molecule has 2 N–H and O–H groups in total. The molecule has 0 amide bonds. The molecule has 0 unspecified atom stereocenters. The Kier molecular flexibility index (Phi) is 5.76. The number of rotatable bonds is 5. The second-order valence-electron chi connectivity index (χ2n) is 5.97. The summed E-state index contributed by atoms with van der Waals surface area (Å²) >= 11 is 3.47. The van der Waals surface area contributed by atoms with Gasteiger partial charge in [0.2, 0.25) is 0 Å². The quantitative estimate of drug-likeness (QED) is 0.618. The second kappa shape index (κ2) is 7.59. The molecular formula is C16H23BrN6. The zero-order chi connectivity index (χ0) is 16.9. The Labute approximate surface area is 145 Å². The van der Waals surface area contributed by atoms with E-state index in [1.165, 1.54) is 5.56 Å². The van der Waals surface area contributed by atoms with E-state index in [2.05, 4.69) is 79.8 Å². The molecule has 6 nitrogen and oxygen atoms in total. The number of benzene rings is 1. The van der Waals surface area contributed by atoms with Gasteiger partial charge in [0.25, 0.3) is 0 Å². The molecule has 2 aromatic rings. The molecule has 0 fully saturated rings. The molecule has 7 heteroatoms. The molecule has 0 atom stereocenters. The molecular weight excluding hydrogens is 356 g/mol. The van der Waals surface area contributed by atoms with Gasteiger partial charge in [-0.2, -0.15) is 5.10 Å². The maximum absolute atomic E-state index is 4.26. The molecule has 0 radical (unpaired) electrons. The van der Waals surface area contributed by atoms with Crippen molar-refractivity contribution in [3.05, 3.63) is 46.5 Å². The standard InChI is InChI=1S/C16H23BrN6/c1-16(2,12-5-7-13(17)8-6-12)10-20-15(18-3)19-9-14-21-11-22-23(14)4/h5-8,11H,9-10H2,1-4H3,(H2,18,19,20). The van der Waals surface area contributed by atoms with E-state index in [4.69, 9.17) is 0 Å². The Morgan fingerprint density at radius 1 is 1.26 bits per heavy atom. The summed E-state index contributed by atoms with van der Waals surface area (Å²) in [5.74, 6) is 1.61. The van der Waals surface area contributed by atoms with E-state index in [-0.39, 0.29) is 5.41 Å². The number of hydrogen-bond acceptors (Lipinski definition) is 3. The molecule has 124 valence electrons. The van der Waals surface area contributed by atoms with Crippen molar-refractivity contribution in [1.82, 2.24) is 25.4 Å². The van der Waals surface area contributed by atoms with Crippen LogP contribution in [-0.4, -0.2) is 34.3 Å². The molecule has 0 aliphatic heterocycles. The van der Waals surface area contributed by atoms with E-state index in [1.54, 1.807) is 18.1 Å². The predicted molar refractivity (Wildman–Crippen MR) is 96.4 cm³/mol. The zero-order valence-corrected chi connectivity index (χ0v) is 15.6. The van der Waals surface area contributed by atoms with Crippen LogP contribution >= 0.6 is 15.9 Å². The van der Waals surface area contributed by atoms with Gasteiger partial charge < -0.3 is 10.6 Å². The van der Waals surface area contributed by atoms with E-state index < -0.39 is 0 Å². The summed E-state index contributed by atoms with van der Waals surface area (Å²) in [5, 5.41) is 10.7. The number of halogens is 1. The van der Waals surface area contributed by atoms with Gasteiger partial charge in [0.05, 0.1) is 6.54 Å². The Morgan fingerprint density at radius 2 is 1.96 bits per heavy atom. The van der Waals surface area contributed by atoms with Crippen molar-refractivity contribution in [3.63, 3.8) is 0 Å². The molecule has 1 aromatic heterocycles. The summed E-state index contributed by atoms with van der Waals surface area (Å²) in [4.78, 5) is 8.45. The molecule has 0 saturated carbocycles. The first kappa shape index (κ1) is 17.5. The van der Waals surface area contributed by atoms with Crippen molar-refractivity contribution in [2.75, 3.05) is 13.6 Å². The predicted octanol–water partition coefficient (Wildman–Crippen LogP) is 2.22. The normalized spacial score (nSPS) is 12.3. The Morgan fingerprint density at radius 3 is 2.52 bits per heavy atom. The summed E-state index contributed by atoms with van der Waals surface area (Å²) in [6, 6.07) is 8.42. The number of guanidine groups is 1. The maximum atomic E-state index is 4.26. The first-order chi connectivity index (χ1) is 10.9. The van der Waals surface area contributed by atoms with E-state index in [1.807, 2.05) is 7.05 Å². The zero-order valence-electron chi connectivity index (χ0n) is 14.0. The number of nitrogens with zero attached hydrogens (tertiary/aromatic N) is 4. The molecule has 1 aromatic carbocycles. The van der Waals surface area contributed by atoms with Crippen molar-refractivity contribution < 1.29 is 0 Å². The van der Waals surface area contributed by atoms with Gasteiger partial charge in [0, 0.05) is 30.5 Å². The Balaban J connectivity index is 1.91. The smallest absolute Gasteiger partial charge is 0.191 e. The molecule has 0 aliphatic rings. The Bertz CT molecular complexity index is 659. The van der Waals surface area contributed by atoms with Crippen LogP contribution in [0.1, 0.15) is 25.2 Å².